The Balaban J connectivity index is 1.95. The SMILES string of the molecule is CCCCc1nnc(NC(=O)c2ccc(OCC)cc2)s1. The lowest BCUT2D eigenvalue weighted by Gasteiger charge is -2.04. The molecule has 0 atom stereocenters. The molecule has 5 nitrogen and oxygen atoms in total. The van der Waals surface area contributed by atoms with E-state index in [0.29, 0.717) is 17.3 Å². The van der Waals surface area contributed by atoms with Crippen LogP contribution in [0.1, 0.15) is 42.1 Å². The van der Waals surface area contributed by atoms with Crippen molar-refractivity contribution in [3.05, 3.63) is 34.8 Å². The minimum atomic E-state index is -0.184. The third-order valence-corrected chi connectivity index (χ3v) is 3.76. The number of hydrogen-bond acceptors (Lipinski definition) is 5. The number of carbonyl (C=O) groups is 1. The van der Waals surface area contributed by atoms with Crippen LogP contribution in [-0.4, -0.2) is 22.7 Å². The zero-order valence-corrected chi connectivity index (χ0v) is 13.1. The number of nitrogens with zero attached hydrogens (tertiary/aromatic N) is 2. The van der Waals surface area contributed by atoms with Gasteiger partial charge in [-0.2, -0.15) is 0 Å². The first-order valence-electron chi connectivity index (χ1n) is 7.09. The van der Waals surface area contributed by atoms with E-state index >= 15 is 0 Å². The van der Waals surface area contributed by atoms with Crippen LogP contribution in [0.3, 0.4) is 0 Å². The largest absolute Gasteiger partial charge is 0.494 e. The highest BCUT2D eigenvalue weighted by molar-refractivity contribution is 7.15. The number of anilines is 1. The van der Waals surface area contributed by atoms with E-state index in [0.717, 1.165) is 30.0 Å². The van der Waals surface area contributed by atoms with Gasteiger partial charge in [0.2, 0.25) is 5.13 Å². The highest BCUT2D eigenvalue weighted by atomic mass is 32.1. The first-order chi connectivity index (χ1) is 10.2. The summed E-state index contributed by atoms with van der Waals surface area (Å²) in [5.41, 5.74) is 0.573. The van der Waals surface area contributed by atoms with Crippen molar-refractivity contribution >= 4 is 22.4 Å². The Kier molecular flexibility index (Phi) is 5.68. The molecule has 1 amide bonds. The monoisotopic (exact) mass is 305 g/mol. The number of amides is 1. The number of hydrogen-bond donors (Lipinski definition) is 1. The van der Waals surface area contributed by atoms with Gasteiger partial charge in [0, 0.05) is 12.0 Å². The van der Waals surface area contributed by atoms with E-state index in [9.17, 15) is 4.79 Å². The molecule has 0 aliphatic heterocycles. The number of aromatic nitrogens is 2. The molecule has 0 radical (unpaired) electrons. The molecule has 0 unspecified atom stereocenters. The second-order valence-electron chi connectivity index (χ2n) is 4.52. The molecule has 1 aromatic carbocycles. The van der Waals surface area contributed by atoms with Gasteiger partial charge in [-0.15, -0.1) is 10.2 Å². The van der Waals surface area contributed by atoms with E-state index < -0.39 is 0 Å². The number of aryl methyl sites for hydroxylation is 1. The van der Waals surface area contributed by atoms with Gasteiger partial charge in [0.15, 0.2) is 0 Å². The molecule has 1 aromatic heterocycles. The smallest absolute Gasteiger partial charge is 0.257 e. The van der Waals surface area contributed by atoms with Crippen molar-refractivity contribution in [2.45, 2.75) is 33.1 Å². The first-order valence-corrected chi connectivity index (χ1v) is 7.91. The molecule has 0 bridgehead atoms. The van der Waals surface area contributed by atoms with E-state index in [-0.39, 0.29) is 5.91 Å². The third kappa shape index (κ3) is 4.53. The standard InChI is InChI=1S/C15H19N3O2S/c1-3-5-6-13-17-18-15(21-13)16-14(19)11-7-9-12(10-8-11)20-4-2/h7-10H,3-6H2,1-2H3,(H,16,18,19). The summed E-state index contributed by atoms with van der Waals surface area (Å²) in [6, 6.07) is 7.04. The maximum Gasteiger partial charge on any atom is 0.257 e. The van der Waals surface area contributed by atoms with Crippen LogP contribution < -0.4 is 10.1 Å². The molecule has 0 fully saturated rings. The number of ether oxygens (including phenoxy) is 1. The van der Waals surface area contributed by atoms with Crippen LogP contribution in [0.2, 0.25) is 0 Å². The van der Waals surface area contributed by atoms with E-state index in [1.54, 1.807) is 24.3 Å². The highest BCUT2D eigenvalue weighted by Crippen LogP contribution is 2.19. The second-order valence-corrected chi connectivity index (χ2v) is 5.58. The molecule has 0 saturated heterocycles. The quantitative estimate of drug-likeness (QED) is 0.850. The lowest BCUT2D eigenvalue weighted by Crippen LogP contribution is -2.11. The summed E-state index contributed by atoms with van der Waals surface area (Å²) in [7, 11) is 0. The third-order valence-electron chi connectivity index (χ3n) is 2.86. The molecular formula is C15H19N3O2S. The molecule has 0 saturated carbocycles. The van der Waals surface area contributed by atoms with Gasteiger partial charge in [0.1, 0.15) is 10.8 Å². The van der Waals surface area contributed by atoms with Crippen molar-refractivity contribution in [1.29, 1.82) is 0 Å². The summed E-state index contributed by atoms with van der Waals surface area (Å²) in [6.45, 7) is 4.67. The summed E-state index contributed by atoms with van der Waals surface area (Å²) in [4.78, 5) is 12.1. The van der Waals surface area contributed by atoms with Crippen LogP contribution in [0.15, 0.2) is 24.3 Å². The lowest BCUT2D eigenvalue weighted by atomic mass is 10.2. The average molecular weight is 305 g/mol. The van der Waals surface area contributed by atoms with Crippen LogP contribution in [0.25, 0.3) is 0 Å². The Morgan fingerprint density at radius 1 is 1.24 bits per heavy atom. The minimum Gasteiger partial charge on any atom is -0.494 e. The van der Waals surface area contributed by atoms with Crippen LogP contribution in [0.5, 0.6) is 5.75 Å². The molecule has 2 aromatic rings. The molecule has 112 valence electrons. The second kappa shape index (κ2) is 7.73. The van der Waals surface area contributed by atoms with Crippen molar-refractivity contribution in [1.82, 2.24) is 10.2 Å². The van der Waals surface area contributed by atoms with Gasteiger partial charge in [-0.3, -0.25) is 10.1 Å². The van der Waals surface area contributed by atoms with Crippen molar-refractivity contribution < 1.29 is 9.53 Å². The molecule has 0 aliphatic carbocycles. The number of benzene rings is 1. The Morgan fingerprint density at radius 3 is 2.67 bits per heavy atom. The van der Waals surface area contributed by atoms with Gasteiger partial charge in [-0.25, -0.2) is 0 Å². The zero-order valence-electron chi connectivity index (χ0n) is 12.3. The van der Waals surface area contributed by atoms with Gasteiger partial charge < -0.3 is 4.74 Å². The fraction of sp³-hybridized carbons (Fsp3) is 0.400. The predicted molar refractivity (Wildman–Crippen MR) is 84.1 cm³/mol. The Morgan fingerprint density at radius 2 is 2.00 bits per heavy atom. The molecule has 0 aliphatic rings. The summed E-state index contributed by atoms with van der Waals surface area (Å²) in [5, 5.41) is 12.3. The lowest BCUT2D eigenvalue weighted by molar-refractivity contribution is 0.102. The summed E-state index contributed by atoms with van der Waals surface area (Å²) < 4.78 is 5.35. The average Bonchev–Trinajstić information content (AvgIpc) is 2.93. The van der Waals surface area contributed by atoms with Crippen LogP contribution in [-0.2, 0) is 6.42 Å². The fourth-order valence-electron chi connectivity index (χ4n) is 1.77. The van der Waals surface area contributed by atoms with Gasteiger partial charge >= 0.3 is 0 Å². The van der Waals surface area contributed by atoms with Crippen LogP contribution in [0.4, 0.5) is 5.13 Å². The Labute approximate surface area is 128 Å². The Hall–Kier alpha value is -1.95. The van der Waals surface area contributed by atoms with Gasteiger partial charge in [-0.05, 0) is 37.6 Å². The number of nitrogens with one attached hydrogen (secondary N) is 1. The molecular weight excluding hydrogens is 286 g/mol. The molecule has 6 heteroatoms. The minimum absolute atomic E-state index is 0.184. The predicted octanol–water partition coefficient (Wildman–Crippen LogP) is 3.53. The topological polar surface area (TPSA) is 64.1 Å². The van der Waals surface area contributed by atoms with Gasteiger partial charge in [0.05, 0.1) is 6.61 Å². The number of unbranched alkanes of at least 4 members (excludes halogenated alkanes) is 1. The van der Waals surface area contributed by atoms with Crippen molar-refractivity contribution in [3.8, 4) is 5.75 Å². The molecule has 21 heavy (non-hydrogen) atoms. The summed E-state index contributed by atoms with van der Waals surface area (Å²) >= 11 is 1.43. The van der Waals surface area contributed by atoms with E-state index in [1.165, 1.54) is 11.3 Å². The maximum atomic E-state index is 12.1. The normalized spacial score (nSPS) is 10.4. The number of rotatable bonds is 7. The van der Waals surface area contributed by atoms with Crippen molar-refractivity contribution in [2.24, 2.45) is 0 Å². The Bertz CT molecular complexity index is 581. The van der Waals surface area contributed by atoms with Crippen molar-refractivity contribution in [2.75, 3.05) is 11.9 Å². The highest BCUT2D eigenvalue weighted by Gasteiger charge is 2.10. The fourth-order valence-corrected chi connectivity index (χ4v) is 2.55. The van der Waals surface area contributed by atoms with E-state index in [4.69, 9.17) is 4.74 Å². The van der Waals surface area contributed by atoms with E-state index in [2.05, 4.69) is 22.4 Å². The van der Waals surface area contributed by atoms with Crippen molar-refractivity contribution in [3.63, 3.8) is 0 Å². The molecule has 0 spiro atoms. The summed E-state index contributed by atoms with van der Waals surface area (Å²) in [6.07, 6.45) is 3.11. The maximum absolute atomic E-state index is 12.1. The molecule has 1 heterocycles. The molecule has 1 N–H and O–H groups in total. The van der Waals surface area contributed by atoms with Crippen LogP contribution in [0, 0.1) is 0 Å². The van der Waals surface area contributed by atoms with Gasteiger partial charge in [-0.1, -0.05) is 24.7 Å². The molecule has 2 rings (SSSR count). The number of carbonyl (C=O) groups excluding carboxylic acids is 1. The summed E-state index contributed by atoms with van der Waals surface area (Å²) in [5.74, 6) is 0.572. The first kappa shape index (κ1) is 15.4. The zero-order chi connectivity index (χ0) is 15.1. The van der Waals surface area contributed by atoms with Crippen LogP contribution >= 0.6 is 11.3 Å². The van der Waals surface area contributed by atoms with Gasteiger partial charge in [0.25, 0.3) is 5.91 Å². The van der Waals surface area contributed by atoms with E-state index in [1.807, 2.05) is 6.92 Å².